The molecular formula is C15H24N2O4. The fourth-order valence-electron chi connectivity index (χ4n) is 1.84. The van der Waals surface area contributed by atoms with Crippen molar-refractivity contribution in [2.24, 2.45) is 5.73 Å². The Hall–Kier alpha value is -1.79. The molecule has 0 aliphatic heterocycles. The number of rotatable bonds is 9. The minimum Gasteiger partial charge on any atom is -0.493 e. The molecule has 0 saturated carbocycles. The third-order valence-corrected chi connectivity index (χ3v) is 3.03. The van der Waals surface area contributed by atoms with Gasteiger partial charge in [-0.05, 0) is 24.6 Å². The van der Waals surface area contributed by atoms with E-state index in [1.165, 1.54) is 0 Å². The fourth-order valence-corrected chi connectivity index (χ4v) is 1.84. The minimum absolute atomic E-state index is 0.0971. The Labute approximate surface area is 125 Å². The number of carbonyl (C=O) groups is 1. The number of hydrogen-bond donors (Lipinski definition) is 2. The van der Waals surface area contributed by atoms with Gasteiger partial charge in [-0.15, -0.1) is 0 Å². The van der Waals surface area contributed by atoms with E-state index in [1.807, 2.05) is 25.1 Å². The van der Waals surface area contributed by atoms with Gasteiger partial charge in [0.1, 0.15) is 0 Å². The van der Waals surface area contributed by atoms with Gasteiger partial charge in [0.25, 0.3) is 0 Å². The number of amides is 1. The van der Waals surface area contributed by atoms with Gasteiger partial charge in [-0.3, -0.25) is 4.79 Å². The molecule has 0 radical (unpaired) electrons. The fraction of sp³-hybridized carbons (Fsp3) is 0.533. The summed E-state index contributed by atoms with van der Waals surface area (Å²) in [6, 6.07) is 5.58. The molecule has 0 fully saturated rings. The summed E-state index contributed by atoms with van der Waals surface area (Å²) in [5, 5.41) is 2.83. The molecular weight excluding hydrogens is 272 g/mol. The van der Waals surface area contributed by atoms with E-state index >= 15 is 0 Å². The van der Waals surface area contributed by atoms with E-state index in [0.29, 0.717) is 31.2 Å². The van der Waals surface area contributed by atoms with Gasteiger partial charge < -0.3 is 25.3 Å². The molecule has 0 aliphatic carbocycles. The number of benzene rings is 1. The lowest BCUT2D eigenvalue weighted by molar-refractivity contribution is -0.123. The van der Waals surface area contributed by atoms with E-state index in [-0.39, 0.29) is 18.4 Å². The van der Waals surface area contributed by atoms with Crippen LogP contribution in [0.3, 0.4) is 0 Å². The van der Waals surface area contributed by atoms with Crippen molar-refractivity contribution >= 4 is 5.91 Å². The van der Waals surface area contributed by atoms with Crippen LogP contribution in [0.1, 0.15) is 18.9 Å². The molecule has 1 aromatic carbocycles. The lowest BCUT2D eigenvalue weighted by atomic mass is 10.2. The first-order valence-corrected chi connectivity index (χ1v) is 6.93. The van der Waals surface area contributed by atoms with E-state index in [2.05, 4.69) is 5.32 Å². The van der Waals surface area contributed by atoms with E-state index in [1.54, 1.807) is 14.2 Å². The maximum absolute atomic E-state index is 11.8. The smallest absolute Gasteiger partial charge is 0.222 e. The summed E-state index contributed by atoms with van der Waals surface area (Å²) in [5.41, 5.74) is 6.42. The first-order chi connectivity index (χ1) is 10.1. The molecule has 1 amide bonds. The Morgan fingerprint density at radius 2 is 2.10 bits per heavy atom. The SMILES string of the molecule is CCOc1ccc(CNC(=O)CC(CN)OC)cc1OC. The highest BCUT2D eigenvalue weighted by atomic mass is 16.5. The molecule has 6 nitrogen and oxygen atoms in total. The number of nitrogens with two attached hydrogens (primary N) is 1. The number of ether oxygens (including phenoxy) is 3. The van der Waals surface area contributed by atoms with Crippen molar-refractivity contribution in [3.8, 4) is 11.5 Å². The number of carbonyl (C=O) groups excluding carboxylic acids is 1. The molecule has 0 bridgehead atoms. The average Bonchev–Trinajstić information content (AvgIpc) is 2.51. The summed E-state index contributed by atoms with van der Waals surface area (Å²) in [6.07, 6.45) is 0.00103. The van der Waals surface area contributed by atoms with Crippen molar-refractivity contribution in [2.45, 2.75) is 26.0 Å². The molecule has 118 valence electrons. The molecule has 0 heterocycles. The summed E-state index contributed by atoms with van der Waals surface area (Å²) in [4.78, 5) is 11.8. The number of nitrogens with one attached hydrogen (secondary N) is 1. The maximum Gasteiger partial charge on any atom is 0.222 e. The predicted molar refractivity (Wildman–Crippen MR) is 80.5 cm³/mol. The molecule has 1 atom stereocenters. The van der Waals surface area contributed by atoms with E-state index in [9.17, 15) is 4.79 Å². The Balaban J connectivity index is 2.57. The Morgan fingerprint density at radius 1 is 1.33 bits per heavy atom. The van der Waals surface area contributed by atoms with Crippen molar-refractivity contribution in [3.63, 3.8) is 0 Å². The van der Waals surface area contributed by atoms with Crippen LogP contribution in [-0.2, 0) is 16.1 Å². The maximum atomic E-state index is 11.8. The Morgan fingerprint density at radius 3 is 2.67 bits per heavy atom. The van der Waals surface area contributed by atoms with Gasteiger partial charge in [-0.2, -0.15) is 0 Å². The third-order valence-electron chi connectivity index (χ3n) is 3.03. The van der Waals surface area contributed by atoms with Crippen LogP contribution in [0.25, 0.3) is 0 Å². The summed E-state index contributed by atoms with van der Waals surface area (Å²) >= 11 is 0. The zero-order valence-electron chi connectivity index (χ0n) is 12.8. The van der Waals surface area contributed by atoms with Gasteiger partial charge in [0.2, 0.25) is 5.91 Å². The van der Waals surface area contributed by atoms with Crippen LogP contribution in [0.5, 0.6) is 11.5 Å². The molecule has 0 saturated heterocycles. The summed E-state index contributed by atoms with van der Waals surface area (Å²) in [6.45, 7) is 3.23. The topological polar surface area (TPSA) is 82.8 Å². The van der Waals surface area contributed by atoms with Crippen molar-refractivity contribution < 1.29 is 19.0 Å². The van der Waals surface area contributed by atoms with E-state index in [0.717, 1.165) is 5.56 Å². The molecule has 1 rings (SSSR count). The monoisotopic (exact) mass is 296 g/mol. The van der Waals surface area contributed by atoms with Gasteiger partial charge in [-0.25, -0.2) is 0 Å². The van der Waals surface area contributed by atoms with Crippen molar-refractivity contribution in [3.05, 3.63) is 23.8 Å². The van der Waals surface area contributed by atoms with E-state index < -0.39 is 0 Å². The molecule has 1 aromatic rings. The molecule has 0 aromatic heterocycles. The highest BCUT2D eigenvalue weighted by Gasteiger charge is 2.11. The zero-order chi connectivity index (χ0) is 15.7. The molecule has 0 spiro atoms. The van der Waals surface area contributed by atoms with Crippen molar-refractivity contribution in [1.82, 2.24) is 5.32 Å². The van der Waals surface area contributed by atoms with Gasteiger partial charge in [0.05, 0.1) is 26.2 Å². The Kier molecular flexibility index (Phi) is 7.56. The van der Waals surface area contributed by atoms with Crippen LogP contribution in [0.2, 0.25) is 0 Å². The second-order valence-corrected chi connectivity index (χ2v) is 4.49. The van der Waals surface area contributed by atoms with Crippen LogP contribution in [-0.4, -0.2) is 39.4 Å². The summed E-state index contributed by atoms with van der Waals surface area (Å²) in [5.74, 6) is 1.25. The van der Waals surface area contributed by atoms with Gasteiger partial charge in [0, 0.05) is 20.2 Å². The molecule has 0 aliphatic rings. The lowest BCUT2D eigenvalue weighted by Crippen LogP contribution is -2.31. The van der Waals surface area contributed by atoms with Crippen LogP contribution >= 0.6 is 0 Å². The predicted octanol–water partition coefficient (Wildman–Crippen LogP) is 1.07. The van der Waals surface area contributed by atoms with E-state index in [4.69, 9.17) is 19.9 Å². The van der Waals surface area contributed by atoms with Crippen LogP contribution in [0.4, 0.5) is 0 Å². The standard InChI is InChI=1S/C15H24N2O4/c1-4-21-13-6-5-11(7-14(13)20-3)10-17-15(18)8-12(9-16)19-2/h5-7,12H,4,8-10,16H2,1-3H3,(H,17,18). The minimum atomic E-state index is -0.250. The van der Waals surface area contributed by atoms with Crippen molar-refractivity contribution in [1.29, 1.82) is 0 Å². The average molecular weight is 296 g/mol. The highest BCUT2D eigenvalue weighted by molar-refractivity contribution is 5.76. The number of hydrogen-bond acceptors (Lipinski definition) is 5. The van der Waals surface area contributed by atoms with Crippen LogP contribution in [0.15, 0.2) is 18.2 Å². The largest absolute Gasteiger partial charge is 0.493 e. The van der Waals surface area contributed by atoms with Crippen molar-refractivity contribution in [2.75, 3.05) is 27.4 Å². The second-order valence-electron chi connectivity index (χ2n) is 4.49. The first kappa shape index (κ1) is 17.3. The highest BCUT2D eigenvalue weighted by Crippen LogP contribution is 2.27. The normalized spacial score (nSPS) is 11.8. The quantitative estimate of drug-likeness (QED) is 0.712. The lowest BCUT2D eigenvalue weighted by Gasteiger charge is -2.14. The van der Waals surface area contributed by atoms with Gasteiger partial charge in [-0.1, -0.05) is 6.07 Å². The number of methoxy groups -OCH3 is 2. The zero-order valence-corrected chi connectivity index (χ0v) is 12.8. The summed E-state index contributed by atoms with van der Waals surface area (Å²) in [7, 11) is 3.13. The molecule has 1 unspecified atom stereocenters. The van der Waals surface area contributed by atoms with Crippen LogP contribution < -0.4 is 20.5 Å². The summed E-state index contributed by atoms with van der Waals surface area (Å²) < 4.78 is 15.8. The van der Waals surface area contributed by atoms with Crippen LogP contribution in [0, 0.1) is 0 Å². The Bertz CT molecular complexity index is 447. The first-order valence-electron chi connectivity index (χ1n) is 6.93. The molecule has 21 heavy (non-hydrogen) atoms. The molecule has 6 heteroatoms. The third kappa shape index (κ3) is 5.61. The second kappa shape index (κ2) is 9.20. The van der Waals surface area contributed by atoms with Gasteiger partial charge >= 0.3 is 0 Å². The molecule has 3 N–H and O–H groups in total. The van der Waals surface area contributed by atoms with Gasteiger partial charge in [0.15, 0.2) is 11.5 Å².